The number of rotatable bonds is 6. The molecule has 1 fully saturated rings. The summed E-state index contributed by atoms with van der Waals surface area (Å²) in [5, 5.41) is 12.3. The highest BCUT2D eigenvalue weighted by Crippen LogP contribution is 2.34. The second-order valence-electron chi connectivity index (χ2n) is 8.26. The summed E-state index contributed by atoms with van der Waals surface area (Å²) >= 11 is 0. The SMILES string of the molecule is CC(=O)NC1(c2noc(CCC(=O)Nc3cccc4ccccc34)n2)CCCCCC1. The zero-order valence-corrected chi connectivity index (χ0v) is 17.8. The number of fused-ring (bicyclic) bond motifs is 1. The van der Waals surface area contributed by atoms with Crippen molar-refractivity contribution in [3.8, 4) is 0 Å². The number of amides is 2. The molecule has 162 valence electrons. The number of hydrogen-bond acceptors (Lipinski definition) is 5. The van der Waals surface area contributed by atoms with Gasteiger partial charge in [-0.3, -0.25) is 9.59 Å². The lowest BCUT2D eigenvalue weighted by Gasteiger charge is -2.30. The van der Waals surface area contributed by atoms with Crippen LogP contribution in [0, 0.1) is 0 Å². The molecule has 2 N–H and O–H groups in total. The Morgan fingerprint density at radius 1 is 1.03 bits per heavy atom. The van der Waals surface area contributed by atoms with Crippen molar-refractivity contribution in [3.05, 3.63) is 54.2 Å². The summed E-state index contributed by atoms with van der Waals surface area (Å²) in [6.07, 6.45) is 6.48. The fourth-order valence-electron chi connectivity index (χ4n) is 4.39. The fourth-order valence-corrected chi connectivity index (χ4v) is 4.39. The van der Waals surface area contributed by atoms with Crippen LogP contribution in [0.5, 0.6) is 0 Å². The van der Waals surface area contributed by atoms with Crippen LogP contribution in [0.4, 0.5) is 5.69 Å². The summed E-state index contributed by atoms with van der Waals surface area (Å²) in [5.41, 5.74) is 0.215. The minimum absolute atomic E-state index is 0.0947. The molecule has 31 heavy (non-hydrogen) atoms. The maximum Gasteiger partial charge on any atom is 0.227 e. The highest BCUT2D eigenvalue weighted by Gasteiger charge is 2.38. The third kappa shape index (κ3) is 4.93. The van der Waals surface area contributed by atoms with Crippen LogP contribution in [0.15, 0.2) is 47.0 Å². The van der Waals surface area contributed by atoms with Gasteiger partial charge in [-0.15, -0.1) is 0 Å². The standard InChI is InChI=1S/C24H28N4O3/c1-17(29)27-24(15-6-2-3-7-16-24)23-26-22(31-28-23)14-13-21(30)25-20-12-8-10-18-9-4-5-11-19(18)20/h4-5,8-12H,2-3,6-7,13-16H2,1H3,(H,25,30)(H,27,29). The van der Waals surface area contributed by atoms with E-state index < -0.39 is 5.54 Å². The monoisotopic (exact) mass is 420 g/mol. The van der Waals surface area contributed by atoms with Gasteiger partial charge in [0.05, 0.1) is 0 Å². The maximum atomic E-state index is 12.5. The zero-order chi connectivity index (χ0) is 21.7. The Balaban J connectivity index is 1.42. The summed E-state index contributed by atoms with van der Waals surface area (Å²) in [4.78, 5) is 28.9. The van der Waals surface area contributed by atoms with E-state index in [0.29, 0.717) is 18.1 Å². The second kappa shape index (κ2) is 9.29. The molecule has 0 spiro atoms. The van der Waals surface area contributed by atoms with E-state index in [1.54, 1.807) is 0 Å². The molecule has 0 bridgehead atoms. The molecule has 2 aromatic carbocycles. The largest absolute Gasteiger partial charge is 0.343 e. The summed E-state index contributed by atoms with van der Waals surface area (Å²) < 4.78 is 5.44. The lowest BCUT2D eigenvalue weighted by atomic mass is 9.89. The topological polar surface area (TPSA) is 97.1 Å². The molecule has 1 heterocycles. The van der Waals surface area contributed by atoms with Crippen molar-refractivity contribution in [3.63, 3.8) is 0 Å². The van der Waals surface area contributed by atoms with E-state index in [0.717, 1.165) is 55.0 Å². The summed E-state index contributed by atoms with van der Waals surface area (Å²) in [6, 6.07) is 13.8. The van der Waals surface area contributed by atoms with Gasteiger partial charge in [0.25, 0.3) is 0 Å². The molecule has 1 aromatic heterocycles. The van der Waals surface area contributed by atoms with Gasteiger partial charge in [0.1, 0.15) is 5.54 Å². The number of carbonyl (C=O) groups excluding carboxylic acids is 2. The molecule has 0 saturated heterocycles. The van der Waals surface area contributed by atoms with Crippen molar-refractivity contribution in [2.24, 2.45) is 0 Å². The van der Waals surface area contributed by atoms with Crippen molar-refractivity contribution >= 4 is 28.3 Å². The average molecular weight is 421 g/mol. The number of carbonyl (C=O) groups is 2. The van der Waals surface area contributed by atoms with E-state index in [9.17, 15) is 9.59 Å². The van der Waals surface area contributed by atoms with Crippen LogP contribution in [0.1, 0.15) is 63.6 Å². The third-order valence-electron chi connectivity index (χ3n) is 5.90. The van der Waals surface area contributed by atoms with Crippen LogP contribution < -0.4 is 10.6 Å². The van der Waals surface area contributed by atoms with Crippen molar-refractivity contribution in [1.82, 2.24) is 15.5 Å². The Bertz CT molecular complexity index is 1060. The predicted octanol–water partition coefficient (Wildman–Crippen LogP) is 4.48. The van der Waals surface area contributed by atoms with Crippen LogP contribution >= 0.6 is 0 Å². The first-order valence-electron chi connectivity index (χ1n) is 11.0. The normalized spacial score (nSPS) is 15.9. The molecule has 7 heteroatoms. The lowest BCUT2D eigenvalue weighted by Crippen LogP contribution is -2.45. The highest BCUT2D eigenvalue weighted by atomic mass is 16.5. The van der Waals surface area contributed by atoms with Gasteiger partial charge in [0, 0.05) is 30.8 Å². The molecule has 0 unspecified atom stereocenters. The summed E-state index contributed by atoms with van der Waals surface area (Å²) in [5.74, 6) is 0.732. The molecular formula is C24H28N4O3. The van der Waals surface area contributed by atoms with Gasteiger partial charge in [-0.1, -0.05) is 67.2 Å². The number of nitrogens with one attached hydrogen (secondary N) is 2. The Morgan fingerprint density at radius 3 is 2.55 bits per heavy atom. The molecular weight excluding hydrogens is 392 g/mol. The lowest BCUT2D eigenvalue weighted by molar-refractivity contribution is -0.121. The Labute approximate surface area is 181 Å². The van der Waals surface area contributed by atoms with Gasteiger partial charge in [0.2, 0.25) is 17.7 Å². The van der Waals surface area contributed by atoms with Gasteiger partial charge in [-0.25, -0.2) is 0 Å². The van der Waals surface area contributed by atoms with E-state index in [4.69, 9.17) is 4.52 Å². The smallest absolute Gasteiger partial charge is 0.227 e. The molecule has 1 saturated carbocycles. The molecule has 0 aliphatic heterocycles. The van der Waals surface area contributed by atoms with Crippen LogP contribution in [0.2, 0.25) is 0 Å². The van der Waals surface area contributed by atoms with E-state index in [-0.39, 0.29) is 18.2 Å². The number of benzene rings is 2. The first-order valence-corrected chi connectivity index (χ1v) is 11.0. The number of aryl methyl sites for hydroxylation is 1. The molecule has 0 radical (unpaired) electrons. The Morgan fingerprint density at radius 2 is 1.77 bits per heavy atom. The minimum atomic E-state index is -0.574. The van der Waals surface area contributed by atoms with Gasteiger partial charge in [0.15, 0.2) is 5.82 Å². The quantitative estimate of drug-likeness (QED) is 0.573. The van der Waals surface area contributed by atoms with E-state index in [2.05, 4.69) is 20.8 Å². The van der Waals surface area contributed by atoms with E-state index in [1.807, 2.05) is 42.5 Å². The van der Waals surface area contributed by atoms with Gasteiger partial charge < -0.3 is 15.2 Å². The van der Waals surface area contributed by atoms with Crippen LogP contribution in [0.3, 0.4) is 0 Å². The Hall–Kier alpha value is -3.22. The summed E-state index contributed by atoms with van der Waals surface area (Å²) in [6.45, 7) is 1.52. The number of aromatic nitrogens is 2. The molecule has 4 rings (SSSR count). The van der Waals surface area contributed by atoms with Gasteiger partial charge in [-0.05, 0) is 24.3 Å². The van der Waals surface area contributed by atoms with Gasteiger partial charge in [-0.2, -0.15) is 4.98 Å². The number of hydrogen-bond donors (Lipinski definition) is 2. The van der Waals surface area contributed by atoms with Crippen molar-refractivity contribution in [2.45, 2.75) is 63.8 Å². The van der Waals surface area contributed by atoms with Crippen molar-refractivity contribution in [2.75, 3.05) is 5.32 Å². The van der Waals surface area contributed by atoms with Crippen LogP contribution in [-0.2, 0) is 21.5 Å². The van der Waals surface area contributed by atoms with Gasteiger partial charge >= 0.3 is 0 Å². The highest BCUT2D eigenvalue weighted by molar-refractivity contribution is 6.02. The van der Waals surface area contributed by atoms with Crippen LogP contribution in [0.25, 0.3) is 10.8 Å². The first-order chi connectivity index (χ1) is 15.1. The molecule has 2 amide bonds. The third-order valence-corrected chi connectivity index (χ3v) is 5.90. The predicted molar refractivity (Wildman–Crippen MR) is 118 cm³/mol. The molecule has 7 nitrogen and oxygen atoms in total. The van der Waals surface area contributed by atoms with E-state index in [1.165, 1.54) is 6.92 Å². The minimum Gasteiger partial charge on any atom is -0.343 e. The second-order valence-corrected chi connectivity index (χ2v) is 8.26. The fraction of sp³-hybridized carbons (Fsp3) is 0.417. The zero-order valence-electron chi connectivity index (χ0n) is 17.8. The van der Waals surface area contributed by atoms with E-state index >= 15 is 0 Å². The first kappa shape index (κ1) is 21.0. The van der Waals surface area contributed by atoms with Crippen molar-refractivity contribution in [1.29, 1.82) is 0 Å². The summed E-state index contributed by atoms with van der Waals surface area (Å²) in [7, 11) is 0. The Kier molecular flexibility index (Phi) is 6.30. The average Bonchev–Trinajstić information content (AvgIpc) is 3.12. The molecule has 0 atom stereocenters. The number of anilines is 1. The van der Waals surface area contributed by atoms with Crippen LogP contribution in [-0.4, -0.2) is 22.0 Å². The molecule has 1 aliphatic rings. The maximum absolute atomic E-state index is 12.5. The number of nitrogens with zero attached hydrogens (tertiary/aromatic N) is 2. The molecule has 3 aromatic rings. The molecule has 1 aliphatic carbocycles. The van der Waals surface area contributed by atoms with Crippen molar-refractivity contribution < 1.29 is 14.1 Å².